The number of hydrogen-bond acceptors (Lipinski definition) is 6. The summed E-state index contributed by atoms with van der Waals surface area (Å²) in [5, 5.41) is 3.65. The molecule has 5 rings (SSSR count). The van der Waals surface area contributed by atoms with Crippen molar-refractivity contribution in [3.05, 3.63) is 77.0 Å². The molecule has 2 aromatic rings. The second kappa shape index (κ2) is 9.15. The van der Waals surface area contributed by atoms with Gasteiger partial charge in [-0.3, -0.25) is 9.69 Å². The van der Waals surface area contributed by atoms with Gasteiger partial charge in [0.25, 0.3) is 0 Å². The Labute approximate surface area is 207 Å². The highest BCUT2D eigenvalue weighted by molar-refractivity contribution is 5.93. The van der Waals surface area contributed by atoms with Crippen molar-refractivity contribution in [2.75, 3.05) is 26.1 Å². The van der Waals surface area contributed by atoms with Gasteiger partial charge >= 0.3 is 11.9 Å². The molecule has 184 valence electrons. The molecule has 3 atom stereocenters. The highest BCUT2D eigenvalue weighted by Crippen LogP contribution is 2.64. The lowest BCUT2D eigenvalue weighted by Gasteiger charge is -2.53. The van der Waals surface area contributed by atoms with E-state index in [0.29, 0.717) is 24.8 Å². The van der Waals surface area contributed by atoms with Gasteiger partial charge in [-0.05, 0) is 48.3 Å². The van der Waals surface area contributed by atoms with Crippen LogP contribution in [0, 0.1) is 5.41 Å². The molecule has 0 bridgehead atoms. The number of rotatable bonds is 7. The van der Waals surface area contributed by atoms with Crippen LogP contribution < -0.4 is 5.32 Å². The number of nitrogens with zero attached hydrogens (tertiary/aromatic N) is 1. The largest absolute Gasteiger partial charge is 0.469 e. The van der Waals surface area contributed by atoms with Crippen molar-refractivity contribution < 1.29 is 19.1 Å². The molecular formula is C29H34N2O4. The Hall–Kier alpha value is -3.12. The maximum atomic E-state index is 13.2. The van der Waals surface area contributed by atoms with Crippen molar-refractivity contribution in [1.82, 2.24) is 4.90 Å². The van der Waals surface area contributed by atoms with Crippen molar-refractivity contribution >= 4 is 17.6 Å². The topological polar surface area (TPSA) is 67.9 Å². The maximum Gasteiger partial charge on any atom is 0.335 e. The van der Waals surface area contributed by atoms with E-state index in [1.165, 1.54) is 25.3 Å². The fraction of sp³-hybridized carbons (Fsp3) is 0.448. The predicted octanol–water partition coefficient (Wildman–Crippen LogP) is 4.80. The third-order valence-corrected chi connectivity index (χ3v) is 8.57. The number of benzene rings is 2. The predicted molar refractivity (Wildman–Crippen MR) is 135 cm³/mol. The van der Waals surface area contributed by atoms with E-state index in [4.69, 9.17) is 9.47 Å². The van der Waals surface area contributed by atoms with Gasteiger partial charge in [0, 0.05) is 36.9 Å². The molecule has 0 aromatic heterocycles. The molecule has 0 radical (unpaired) electrons. The summed E-state index contributed by atoms with van der Waals surface area (Å²) in [6.07, 6.45) is 3.31. The van der Waals surface area contributed by atoms with Gasteiger partial charge in [-0.25, -0.2) is 4.79 Å². The van der Waals surface area contributed by atoms with E-state index in [0.717, 1.165) is 37.3 Å². The Morgan fingerprint density at radius 1 is 1.06 bits per heavy atom. The Kier molecular flexibility index (Phi) is 6.18. The number of carbonyl (C=O) groups is 2. The molecule has 1 fully saturated rings. The monoisotopic (exact) mass is 474 g/mol. The Morgan fingerprint density at radius 2 is 1.80 bits per heavy atom. The Morgan fingerprint density at radius 3 is 2.51 bits per heavy atom. The summed E-state index contributed by atoms with van der Waals surface area (Å²) in [6.45, 7) is 3.93. The van der Waals surface area contributed by atoms with Gasteiger partial charge in [-0.15, -0.1) is 0 Å². The van der Waals surface area contributed by atoms with Gasteiger partial charge in [-0.1, -0.05) is 55.5 Å². The summed E-state index contributed by atoms with van der Waals surface area (Å²) in [7, 11) is 2.89. The minimum absolute atomic E-state index is 0.129. The molecule has 0 amide bonds. The van der Waals surface area contributed by atoms with Gasteiger partial charge in [-0.2, -0.15) is 0 Å². The Balaban J connectivity index is 1.70. The molecule has 1 aliphatic carbocycles. The summed E-state index contributed by atoms with van der Waals surface area (Å²) in [4.78, 5) is 28.1. The van der Waals surface area contributed by atoms with E-state index in [2.05, 4.69) is 59.6 Å². The summed E-state index contributed by atoms with van der Waals surface area (Å²) in [5.74, 6) is -0.491. The number of hydrogen-bond donors (Lipinski definition) is 1. The van der Waals surface area contributed by atoms with Crippen LogP contribution in [-0.4, -0.2) is 43.6 Å². The third-order valence-electron chi connectivity index (χ3n) is 8.57. The zero-order valence-electron chi connectivity index (χ0n) is 20.8. The number of ether oxygens (including phenoxy) is 2. The van der Waals surface area contributed by atoms with Crippen LogP contribution in [0.3, 0.4) is 0 Å². The average molecular weight is 475 g/mol. The molecule has 6 nitrogen and oxygen atoms in total. The third kappa shape index (κ3) is 3.66. The number of para-hydroxylation sites is 1. The van der Waals surface area contributed by atoms with Crippen molar-refractivity contribution in [2.45, 2.75) is 57.0 Å². The van der Waals surface area contributed by atoms with Gasteiger partial charge in [0.05, 0.1) is 25.2 Å². The van der Waals surface area contributed by atoms with E-state index in [1.807, 2.05) is 12.1 Å². The summed E-state index contributed by atoms with van der Waals surface area (Å²) in [5.41, 5.74) is 4.65. The first-order chi connectivity index (χ1) is 17.0. The smallest absolute Gasteiger partial charge is 0.335 e. The minimum atomic E-state index is -0.348. The van der Waals surface area contributed by atoms with Crippen LogP contribution in [-0.2, 0) is 31.0 Å². The van der Waals surface area contributed by atoms with Crippen LogP contribution >= 0.6 is 0 Å². The van der Waals surface area contributed by atoms with E-state index in [1.54, 1.807) is 0 Å². The van der Waals surface area contributed by atoms with Gasteiger partial charge in [0.15, 0.2) is 0 Å². The first kappa shape index (κ1) is 23.6. The highest BCUT2D eigenvalue weighted by atomic mass is 16.5. The fourth-order valence-corrected chi connectivity index (χ4v) is 7.05. The SMILES string of the molecule is CC[C@]1(CCC(=O)OC)CC(C(=O)OC)=C2Nc3ccccc3[C@@]23CCN(Cc2ccccc2)[C@@H]13. The van der Waals surface area contributed by atoms with Crippen molar-refractivity contribution in [2.24, 2.45) is 5.41 Å². The van der Waals surface area contributed by atoms with Crippen LogP contribution in [0.2, 0.25) is 0 Å². The first-order valence-corrected chi connectivity index (χ1v) is 12.5. The van der Waals surface area contributed by atoms with Crippen LogP contribution in [0.15, 0.2) is 65.9 Å². The lowest BCUT2D eigenvalue weighted by molar-refractivity contribution is -0.141. The molecule has 6 heteroatoms. The van der Waals surface area contributed by atoms with Crippen molar-refractivity contribution in [3.63, 3.8) is 0 Å². The molecule has 2 aromatic carbocycles. The molecule has 2 aliphatic heterocycles. The molecule has 0 saturated carbocycles. The van der Waals surface area contributed by atoms with E-state index < -0.39 is 0 Å². The molecule has 1 N–H and O–H groups in total. The van der Waals surface area contributed by atoms with E-state index >= 15 is 0 Å². The average Bonchev–Trinajstić information content (AvgIpc) is 3.45. The van der Waals surface area contributed by atoms with Crippen molar-refractivity contribution in [3.8, 4) is 0 Å². The number of nitrogens with one attached hydrogen (secondary N) is 1. The quantitative estimate of drug-likeness (QED) is 0.581. The zero-order valence-corrected chi connectivity index (χ0v) is 20.8. The van der Waals surface area contributed by atoms with Gasteiger partial charge < -0.3 is 14.8 Å². The highest BCUT2D eigenvalue weighted by Gasteiger charge is 2.65. The summed E-state index contributed by atoms with van der Waals surface area (Å²) >= 11 is 0. The van der Waals surface area contributed by atoms with Gasteiger partial charge in [0.1, 0.15) is 0 Å². The minimum Gasteiger partial charge on any atom is -0.469 e. The molecular weight excluding hydrogens is 440 g/mol. The zero-order chi connectivity index (χ0) is 24.6. The second-order valence-corrected chi connectivity index (χ2v) is 10.1. The molecule has 35 heavy (non-hydrogen) atoms. The van der Waals surface area contributed by atoms with E-state index in [9.17, 15) is 9.59 Å². The van der Waals surface area contributed by atoms with Crippen molar-refractivity contribution in [1.29, 1.82) is 0 Å². The molecule has 3 aliphatic rings. The van der Waals surface area contributed by atoms with Crippen LogP contribution in [0.5, 0.6) is 0 Å². The number of fused-ring (bicyclic) bond motifs is 1. The first-order valence-electron chi connectivity index (χ1n) is 12.5. The number of carbonyl (C=O) groups excluding carboxylic acids is 2. The van der Waals surface area contributed by atoms with Crippen LogP contribution in [0.25, 0.3) is 0 Å². The van der Waals surface area contributed by atoms with Gasteiger partial charge in [0.2, 0.25) is 0 Å². The molecule has 2 heterocycles. The summed E-state index contributed by atoms with van der Waals surface area (Å²) in [6, 6.07) is 19.1. The standard InChI is InChI=1S/C29H34N2O4/c1-4-28(15-14-24(32)34-2)18-21(26(33)35-3)25-29(22-12-8-9-13-23(22)30-25)16-17-31(27(28)29)19-20-10-6-5-7-11-20/h5-13,27,30H,4,14-19H2,1-3H3/t27-,28-,29-/m0/s1. The van der Waals surface area contributed by atoms with Crippen LogP contribution in [0.1, 0.15) is 50.2 Å². The number of likely N-dealkylation sites (tertiary alicyclic amines) is 1. The maximum absolute atomic E-state index is 13.2. The molecule has 0 unspecified atom stereocenters. The van der Waals surface area contributed by atoms with Crippen LogP contribution in [0.4, 0.5) is 5.69 Å². The molecule has 1 saturated heterocycles. The lowest BCUT2D eigenvalue weighted by atomic mass is 9.54. The van der Waals surface area contributed by atoms with E-state index in [-0.39, 0.29) is 28.8 Å². The normalized spacial score (nSPS) is 27.0. The number of methoxy groups -OCH3 is 2. The molecule has 1 spiro atoms. The Bertz CT molecular complexity index is 1160. The fourth-order valence-electron chi connectivity index (χ4n) is 7.05. The summed E-state index contributed by atoms with van der Waals surface area (Å²) < 4.78 is 10.3. The second-order valence-electron chi connectivity index (χ2n) is 10.1. The lowest BCUT2D eigenvalue weighted by Crippen LogP contribution is -2.57. The number of esters is 2. The number of anilines is 1.